The van der Waals surface area contributed by atoms with Crippen molar-refractivity contribution in [2.75, 3.05) is 0 Å². The van der Waals surface area contributed by atoms with Crippen molar-refractivity contribution in [2.45, 2.75) is 33.1 Å². The summed E-state index contributed by atoms with van der Waals surface area (Å²) in [6, 6.07) is 0. The van der Waals surface area contributed by atoms with E-state index in [1.165, 1.54) is 11.3 Å². The molecule has 1 heterocycles. The quantitative estimate of drug-likeness (QED) is 0.635. The lowest BCUT2D eigenvalue weighted by molar-refractivity contribution is 0.664. The van der Waals surface area contributed by atoms with Gasteiger partial charge in [-0.05, 0) is 18.9 Å². The summed E-state index contributed by atoms with van der Waals surface area (Å²) in [7, 11) is 1.97. The molecular formula is C9H16N2. The van der Waals surface area contributed by atoms with Crippen LogP contribution in [0.25, 0.3) is 0 Å². The molecule has 1 aromatic rings. The summed E-state index contributed by atoms with van der Waals surface area (Å²) in [5.41, 5.74) is 2.55. The van der Waals surface area contributed by atoms with Gasteiger partial charge in [-0.1, -0.05) is 13.8 Å². The first-order valence-corrected chi connectivity index (χ1v) is 4.15. The summed E-state index contributed by atoms with van der Waals surface area (Å²) in [4.78, 5) is 0. The lowest BCUT2D eigenvalue weighted by Gasteiger charge is -2.04. The van der Waals surface area contributed by atoms with E-state index < -0.39 is 0 Å². The zero-order chi connectivity index (χ0) is 8.43. The van der Waals surface area contributed by atoms with Crippen molar-refractivity contribution in [1.29, 1.82) is 0 Å². The molecule has 0 saturated carbocycles. The summed E-state index contributed by atoms with van der Waals surface area (Å²) < 4.78 is 1.89. The van der Waals surface area contributed by atoms with Crippen molar-refractivity contribution in [3.63, 3.8) is 0 Å². The monoisotopic (exact) mass is 152 g/mol. The molecule has 0 aliphatic carbocycles. The minimum atomic E-state index is 0.594. The summed E-state index contributed by atoms with van der Waals surface area (Å²) in [5.74, 6) is 0.594. The SMILES string of the molecule is CCC(C)c1nn(C)cc1C. The second kappa shape index (κ2) is 3.07. The molecule has 0 fully saturated rings. The average Bonchev–Trinajstić information content (AvgIpc) is 2.28. The van der Waals surface area contributed by atoms with Gasteiger partial charge < -0.3 is 0 Å². The average molecular weight is 152 g/mol. The molecule has 0 bridgehead atoms. The van der Waals surface area contributed by atoms with Crippen LogP contribution >= 0.6 is 0 Å². The summed E-state index contributed by atoms with van der Waals surface area (Å²) >= 11 is 0. The normalized spacial score (nSPS) is 13.5. The third-order valence-corrected chi connectivity index (χ3v) is 2.13. The maximum Gasteiger partial charge on any atom is 0.0681 e. The van der Waals surface area contributed by atoms with Gasteiger partial charge >= 0.3 is 0 Å². The minimum absolute atomic E-state index is 0.594. The largest absolute Gasteiger partial charge is 0.275 e. The second-order valence-electron chi connectivity index (χ2n) is 3.18. The Morgan fingerprint density at radius 1 is 1.64 bits per heavy atom. The van der Waals surface area contributed by atoms with Crippen molar-refractivity contribution in [3.8, 4) is 0 Å². The zero-order valence-corrected chi connectivity index (χ0v) is 7.76. The van der Waals surface area contributed by atoms with Crippen molar-refractivity contribution in [3.05, 3.63) is 17.5 Å². The first kappa shape index (κ1) is 8.31. The van der Waals surface area contributed by atoms with Crippen LogP contribution in [0, 0.1) is 6.92 Å². The highest BCUT2D eigenvalue weighted by Gasteiger charge is 2.09. The summed E-state index contributed by atoms with van der Waals surface area (Å²) in [5, 5.41) is 4.40. The molecule has 2 heteroatoms. The topological polar surface area (TPSA) is 17.8 Å². The Labute approximate surface area is 68.2 Å². The van der Waals surface area contributed by atoms with Crippen LogP contribution in [0.4, 0.5) is 0 Å². The van der Waals surface area contributed by atoms with E-state index >= 15 is 0 Å². The molecule has 0 amide bonds. The highest BCUT2D eigenvalue weighted by molar-refractivity contribution is 5.18. The second-order valence-corrected chi connectivity index (χ2v) is 3.18. The van der Waals surface area contributed by atoms with Gasteiger partial charge in [0, 0.05) is 19.2 Å². The molecule has 11 heavy (non-hydrogen) atoms. The molecule has 0 saturated heterocycles. The summed E-state index contributed by atoms with van der Waals surface area (Å²) in [6.07, 6.45) is 3.24. The Bertz CT molecular complexity index is 238. The molecule has 0 radical (unpaired) electrons. The van der Waals surface area contributed by atoms with Crippen LogP contribution in [-0.4, -0.2) is 9.78 Å². The maximum atomic E-state index is 4.40. The molecule has 0 aliphatic heterocycles. The van der Waals surface area contributed by atoms with E-state index in [4.69, 9.17) is 0 Å². The van der Waals surface area contributed by atoms with Crippen LogP contribution in [0.2, 0.25) is 0 Å². The Hall–Kier alpha value is -0.790. The molecule has 0 aliphatic rings. The summed E-state index contributed by atoms with van der Waals surface area (Å²) in [6.45, 7) is 6.53. The van der Waals surface area contributed by atoms with Gasteiger partial charge in [0.2, 0.25) is 0 Å². The molecule has 1 atom stereocenters. The van der Waals surface area contributed by atoms with Gasteiger partial charge in [-0.15, -0.1) is 0 Å². The molecule has 2 nitrogen and oxygen atoms in total. The van der Waals surface area contributed by atoms with Crippen molar-refractivity contribution in [2.24, 2.45) is 7.05 Å². The molecule has 0 aromatic carbocycles. The van der Waals surface area contributed by atoms with Crippen molar-refractivity contribution < 1.29 is 0 Å². The number of aromatic nitrogens is 2. The first-order valence-electron chi connectivity index (χ1n) is 4.15. The van der Waals surface area contributed by atoms with Gasteiger partial charge in [0.15, 0.2) is 0 Å². The van der Waals surface area contributed by atoms with E-state index in [1.54, 1.807) is 0 Å². The first-order chi connectivity index (χ1) is 5.15. The van der Waals surface area contributed by atoms with Crippen molar-refractivity contribution >= 4 is 0 Å². The lowest BCUT2D eigenvalue weighted by Crippen LogP contribution is -1.96. The molecular weight excluding hydrogens is 136 g/mol. The molecule has 0 N–H and O–H groups in total. The third kappa shape index (κ3) is 1.62. The number of nitrogens with zero attached hydrogens (tertiary/aromatic N) is 2. The van der Waals surface area contributed by atoms with Crippen molar-refractivity contribution in [1.82, 2.24) is 9.78 Å². The molecule has 62 valence electrons. The van der Waals surface area contributed by atoms with Crippen LogP contribution in [0.3, 0.4) is 0 Å². The van der Waals surface area contributed by atoms with Gasteiger partial charge in [0.05, 0.1) is 5.69 Å². The fraction of sp³-hybridized carbons (Fsp3) is 0.667. The van der Waals surface area contributed by atoms with E-state index in [2.05, 4.69) is 32.1 Å². The predicted octanol–water partition coefficient (Wildman–Crippen LogP) is 2.24. The molecule has 1 unspecified atom stereocenters. The molecule has 1 aromatic heterocycles. The fourth-order valence-corrected chi connectivity index (χ4v) is 1.30. The van der Waals surface area contributed by atoms with E-state index in [9.17, 15) is 0 Å². The van der Waals surface area contributed by atoms with Gasteiger partial charge in [0.1, 0.15) is 0 Å². The molecule has 1 rings (SSSR count). The Morgan fingerprint density at radius 3 is 2.64 bits per heavy atom. The smallest absolute Gasteiger partial charge is 0.0681 e. The minimum Gasteiger partial charge on any atom is -0.275 e. The fourth-order valence-electron chi connectivity index (χ4n) is 1.30. The van der Waals surface area contributed by atoms with Crippen LogP contribution in [0.5, 0.6) is 0 Å². The molecule has 0 spiro atoms. The van der Waals surface area contributed by atoms with Crippen LogP contribution in [0.15, 0.2) is 6.20 Å². The number of aryl methyl sites for hydroxylation is 2. The highest BCUT2D eigenvalue weighted by Crippen LogP contribution is 2.19. The standard InChI is InChI=1S/C9H16N2/c1-5-7(2)9-8(3)6-11(4)10-9/h6-7H,5H2,1-4H3. The zero-order valence-electron chi connectivity index (χ0n) is 7.76. The highest BCUT2D eigenvalue weighted by atomic mass is 15.3. The van der Waals surface area contributed by atoms with E-state index in [0.717, 1.165) is 6.42 Å². The number of hydrogen-bond acceptors (Lipinski definition) is 1. The van der Waals surface area contributed by atoms with Crippen LogP contribution < -0.4 is 0 Å². The third-order valence-electron chi connectivity index (χ3n) is 2.13. The number of hydrogen-bond donors (Lipinski definition) is 0. The van der Waals surface area contributed by atoms with Gasteiger partial charge in [-0.25, -0.2) is 0 Å². The van der Waals surface area contributed by atoms with E-state index in [1.807, 2.05) is 11.7 Å². The van der Waals surface area contributed by atoms with E-state index in [0.29, 0.717) is 5.92 Å². The van der Waals surface area contributed by atoms with Gasteiger partial charge in [-0.2, -0.15) is 5.10 Å². The van der Waals surface area contributed by atoms with Gasteiger partial charge in [0.25, 0.3) is 0 Å². The van der Waals surface area contributed by atoms with Crippen LogP contribution in [0.1, 0.15) is 37.4 Å². The van der Waals surface area contributed by atoms with Crippen LogP contribution in [-0.2, 0) is 7.05 Å². The van der Waals surface area contributed by atoms with Gasteiger partial charge in [-0.3, -0.25) is 4.68 Å². The Balaban J connectivity index is 2.93. The predicted molar refractivity (Wildman–Crippen MR) is 46.7 cm³/mol. The lowest BCUT2D eigenvalue weighted by atomic mass is 10.0. The Kier molecular flexibility index (Phi) is 2.32. The Morgan fingerprint density at radius 2 is 2.27 bits per heavy atom. The van der Waals surface area contributed by atoms with E-state index in [-0.39, 0.29) is 0 Å². The maximum absolute atomic E-state index is 4.40. The number of rotatable bonds is 2.